The van der Waals surface area contributed by atoms with Gasteiger partial charge < -0.3 is 24.3 Å². The van der Waals surface area contributed by atoms with Crippen LogP contribution in [0.4, 0.5) is 8.78 Å². The highest BCUT2D eigenvalue weighted by Gasteiger charge is 2.23. The number of carboxylic acids is 1. The zero-order chi connectivity index (χ0) is 23.6. The Morgan fingerprint density at radius 3 is 2.53 bits per heavy atom. The maximum Gasteiger partial charge on any atom is 0.341 e. The molecule has 0 aliphatic rings. The average molecular weight is 448 g/mol. The van der Waals surface area contributed by atoms with E-state index in [-0.39, 0.29) is 47.4 Å². The Balaban J connectivity index is 2.18. The SMILES string of the molecule is COc1nc2c(cc1COc1ccc(F)cc1F)c(=O)c(C(=O)O)cn2[C@H](CO)C(C)C. The zero-order valence-corrected chi connectivity index (χ0v) is 17.6. The predicted octanol–water partition coefficient (Wildman–Crippen LogP) is 3.15. The third-order valence-corrected chi connectivity index (χ3v) is 5.06. The third kappa shape index (κ3) is 4.40. The van der Waals surface area contributed by atoms with Crippen LogP contribution in [0, 0.1) is 17.6 Å². The van der Waals surface area contributed by atoms with Crippen LogP contribution < -0.4 is 14.9 Å². The predicted molar refractivity (Wildman–Crippen MR) is 111 cm³/mol. The van der Waals surface area contributed by atoms with Crippen molar-refractivity contribution in [2.75, 3.05) is 13.7 Å². The van der Waals surface area contributed by atoms with Crippen molar-refractivity contribution < 1.29 is 33.3 Å². The third-order valence-electron chi connectivity index (χ3n) is 5.06. The molecule has 3 aromatic rings. The molecular formula is C22H22F2N2O6. The summed E-state index contributed by atoms with van der Waals surface area (Å²) in [5.41, 5.74) is -0.880. The molecule has 1 atom stereocenters. The van der Waals surface area contributed by atoms with Crippen LogP contribution >= 0.6 is 0 Å². The summed E-state index contributed by atoms with van der Waals surface area (Å²) in [7, 11) is 1.34. The molecule has 0 aliphatic carbocycles. The molecule has 0 saturated carbocycles. The van der Waals surface area contributed by atoms with Crippen LogP contribution in [0.2, 0.25) is 0 Å². The Hall–Kier alpha value is -3.53. The molecule has 0 bridgehead atoms. The standard InChI is InChI=1S/C22H22F2N2O6/c1-11(2)17(9-27)26-8-15(22(29)30)19(28)14-6-12(21(31-3)25-20(14)26)10-32-18-5-4-13(23)7-16(18)24/h4-8,11,17,27H,9-10H2,1-3H3,(H,29,30)/t17-/m1/s1. The Morgan fingerprint density at radius 1 is 1.25 bits per heavy atom. The summed E-state index contributed by atoms with van der Waals surface area (Å²) in [6.07, 6.45) is 1.16. The molecule has 3 rings (SSSR count). The first-order valence-electron chi connectivity index (χ1n) is 9.72. The Bertz CT molecular complexity index is 1230. The van der Waals surface area contributed by atoms with Crippen LogP contribution in [-0.2, 0) is 6.61 Å². The molecule has 2 N–H and O–H groups in total. The number of carboxylic acid groups (broad SMARTS) is 1. The monoisotopic (exact) mass is 448 g/mol. The molecule has 0 radical (unpaired) electrons. The van der Waals surface area contributed by atoms with Gasteiger partial charge in [-0.05, 0) is 24.1 Å². The first-order chi connectivity index (χ1) is 15.2. The fourth-order valence-electron chi connectivity index (χ4n) is 3.35. The van der Waals surface area contributed by atoms with E-state index in [0.717, 1.165) is 18.3 Å². The second-order valence-corrected chi connectivity index (χ2v) is 7.47. The minimum atomic E-state index is -1.42. The summed E-state index contributed by atoms with van der Waals surface area (Å²) < 4.78 is 39.1. The Kier molecular flexibility index (Phi) is 6.73. The van der Waals surface area contributed by atoms with E-state index in [0.29, 0.717) is 6.07 Å². The van der Waals surface area contributed by atoms with Crippen LogP contribution in [0.15, 0.2) is 35.3 Å². The van der Waals surface area contributed by atoms with Crippen LogP contribution in [-0.4, -0.2) is 39.5 Å². The van der Waals surface area contributed by atoms with E-state index in [4.69, 9.17) is 9.47 Å². The lowest BCUT2D eigenvalue weighted by Gasteiger charge is -2.24. The van der Waals surface area contributed by atoms with Crippen molar-refractivity contribution in [1.29, 1.82) is 0 Å². The van der Waals surface area contributed by atoms with E-state index in [1.54, 1.807) is 0 Å². The quantitative estimate of drug-likeness (QED) is 0.545. The molecule has 8 nitrogen and oxygen atoms in total. The number of ether oxygens (including phenoxy) is 2. The number of aromatic nitrogens is 2. The molecule has 0 fully saturated rings. The Labute approximate surface area is 181 Å². The summed E-state index contributed by atoms with van der Waals surface area (Å²) in [6.45, 7) is 3.08. The number of aliphatic hydroxyl groups is 1. The summed E-state index contributed by atoms with van der Waals surface area (Å²) in [6, 6.07) is 3.64. The number of rotatable bonds is 8. The molecule has 0 aliphatic heterocycles. The number of hydrogen-bond donors (Lipinski definition) is 2. The van der Waals surface area contributed by atoms with E-state index in [2.05, 4.69) is 4.98 Å². The molecule has 0 spiro atoms. The number of nitrogens with zero attached hydrogens (tertiary/aromatic N) is 2. The van der Waals surface area contributed by atoms with Crippen LogP contribution in [0.3, 0.4) is 0 Å². The van der Waals surface area contributed by atoms with Gasteiger partial charge in [-0.3, -0.25) is 4.79 Å². The molecule has 2 heterocycles. The molecule has 32 heavy (non-hydrogen) atoms. The van der Waals surface area contributed by atoms with Crippen molar-refractivity contribution in [3.8, 4) is 11.6 Å². The topological polar surface area (TPSA) is 111 Å². The van der Waals surface area contributed by atoms with Gasteiger partial charge in [0.25, 0.3) is 0 Å². The number of pyridine rings is 2. The van der Waals surface area contributed by atoms with Gasteiger partial charge in [-0.15, -0.1) is 0 Å². The first kappa shape index (κ1) is 23.1. The van der Waals surface area contributed by atoms with Gasteiger partial charge in [0.2, 0.25) is 11.3 Å². The van der Waals surface area contributed by atoms with E-state index in [9.17, 15) is 28.6 Å². The zero-order valence-electron chi connectivity index (χ0n) is 17.6. The molecule has 0 saturated heterocycles. The van der Waals surface area contributed by atoms with E-state index < -0.39 is 34.6 Å². The molecule has 2 aromatic heterocycles. The van der Waals surface area contributed by atoms with Gasteiger partial charge in [0.1, 0.15) is 23.6 Å². The Morgan fingerprint density at radius 2 is 1.97 bits per heavy atom. The maximum absolute atomic E-state index is 13.9. The fraction of sp³-hybridized carbons (Fsp3) is 0.318. The van der Waals surface area contributed by atoms with Crippen molar-refractivity contribution in [3.63, 3.8) is 0 Å². The highest BCUT2D eigenvalue weighted by atomic mass is 19.1. The van der Waals surface area contributed by atoms with Crippen molar-refractivity contribution in [2.24, 2.45) is 5.92 Å². The smallest absolute Gasteiger partial charge is 0.341 e. The van der Waals surface area contributed by atoms with Gasteiger partial charge in [0.05, 0.1) is 30.7 Å². The summed E-state index contributed by atoms with van der Waals surface area (Å²) in [5.74, 6) is -3.35. The summed E-state index contributed by atoms with van der Waals surface area (Å²) in [4.78, 5) is 28.9. The molecule has 0 unspecified atom stereocenters. The van der Waals surface area contributed by atoms with Crippen molar-refractivity contribution >= 4 is 17.0 Å². The highest BCUT2D eigenvalue weighted by Crippen LogP contribution is 2.27. The molecule has 1 aromatic carbocycles. The minimum absolute atomic E-state index is 0.0250. The molecular weight excluding hydrogens is 426 g/mol. The van der Waals surface area contributed by atoms with Crippen LogP contribution in [0.1, 0.15) is 35.8 Å². The van der Waals surface area contributed by atoms with Gasteiger partial charge in [-0.25, -0.2) is 13.6 Å². The van der Waals surface area contributed by atoms with Crippen molar-refractivity contribution in [2.45, 2.75) is 26.5 Å². The summed E-state index contributed by atoms with van der Waals surface area (Å²) in [5, 5.41) is 19.3. The van der Waals surface area contributed by atoms with Crippen LogP contribution in [0.5, 0.6) is 11.6 Å². The lowest BCUT2D eigenvalue weighted by molar-refractivity contribution is 0.0694. The van der Waals surface area contributed by atoms with Gasteiger partial charge >= 0.3 is 5.97 Å². The second-order valence-electron chi connectivity index (χ2n) is 7.47. The average Bonchev–Trinajstić information content (AvgIpc) is 2.74. The number of aliphatic hydroxyl groups excluding tert-OH is 1. The van der Waals surface area contributed by atoms with E-state index in [1.165, 1.54) is 17.7 Å². The maximum atomic E-state index is 13.9. The van der Waals surface area contributed by atoms with E-state index >= 15 is 0 Å². The fourth-order valence-corrected chi connectivity index (χ4v) is 3.35. The first-order valence-corrected chi connectivity index (χ1v) is 9.72. The number of carbonyl (C=O) groups is 1. The van der Waals surface area contributed by atoms with E-state index in [1.807, 2.05) is 13.8 Å². The molecule has 170 valence electrons. The molecule has 10 heteroatoms. The number of halogens is 2. The van der Waals surface area contributed by atoms with Crippen molar-refractivity contribution in [1.82, 2.24) is 9.55 Å². The lowest BCUT2D eigenvalue weighted by Crippen LogP contribution is -2.26. The normalized spacial score (nSPS) is 12.2. The number of hydrogen-bond acceptors (Lipinski definition) is 6. The summed E-state index contributed by atoms with van der Waals surface area (Å²) >= 11 is 0. The van der Waals surface area contributed by atoms with Gasteiger partial charge in [-0.1, -0.05) is 13.8 Å². The van der Waals surface area contributed by atoms with Crippen molar-refractivity contribution in [3.05, 3.63) is 63.4 Å². The van der Waals surface area contributed by atoms with Gasteiger partial charge in [-0.2, -0.15) is 4.98 Å². The molecule has 0 amide bonds. The largest absolute Gasteiger partial charge is 0.486 e. The second kappa shape index (κ2) is 9.31. The van der Waals surface area contributed by atoms with Gasteiger partial charge in [0, 0.05) is 12.3 Å². The lowest BCUT2D eigenvalue weighted by atomic mass is 10.0. The van der Waals surface area contributed by atoms with Crippen LogP contribution in [0.25, 0.3) is 11.0 Å². The minimum Gasteiger partial charge on any atom is -0.486 e. The van der Waals surface area contributed by atoms with Gasteiger partial charge in [0.15, 0.2) is 11.6 Å². The highest BCUT2D eigenvalue weighted by molar-refractivity contribution is 5.92. The number of methoxy groups -OCH3 is 1. The number of aromatic carboxylic acids is 1. The number of benzene rings is 1. The number of fused-ring (bicyclic) bond motifs is 1.